The summed E-state index contributed by atoms with van der Waals surface area (Å²) in [6.45, 7) is -2.80. The minimum absolute atomic E-state index is 0.105. The Hall–Kier alpha value is -1.62. The van der Waals surface area contributed by atoms with Gasteiger partial charge in [-0.2, -0.15) is 8.78 Å². The summed E-state index contributed by atoms with van der Waals surface area (Å²) in [5.41, 5.74) is 3.30. The molecule has 0 saturated heterocycles. The predicted octanol–water partition coefficient (Wildman–Crippen LogP) is 5.15. The number of hydrogen-bond donors (Lipinski definition) is 1. The molecule has 1 heterocycles. The van der Waals surface area contributed by atoms with E-state index >= 15 is 0 Å². The van der Waals surface area contributed by atoms with Crippen molar-refractivity contribution in [3.05, 3.63) is 58.1 Å². The molecule has 0 amide bonds. The van der Waals surface area contributed by atoms with Gasteiger partial charge >= 0.3 is 6.61 Å². The molecule has 2 aromatic carbocycles. The number of ether oxygens (including phenoxy) is 1. The fraction of sp³-hybridized carbons (Fsp3) is 0.250. The molecule has 0 fully saturated rings. The number of alkyl halides is 2. The van der Waals surface area contributed by atoms with Gasteiger partial charge in [-0.3, -0.25) is 0 Å². The van der Waals surface area contributed by atoms with Crippen molar-refractivity contribution in [2.24, 2.45) is 0 Å². The van der Waals surface area contributed by atoms with E-state index in [9.17, 15) is 8.78 Å². The zero-order valence-electron chi connectivity index (χ0n) is 11.2. The minimum Gasteiger partial charge on any atom is -0.435 e. The van der Waals surface area contributed by atoms with E-state index in [1.807, 2.05) is 24.3 Å². The van der Waals surface area contributed by atoms with Gasteiger partial charge in [-0.1, -0.05) is 34.1 Å². The molecule has 1 N–H and O–H groups in total. The third-order valence-corrected chi connectivity index (χ3v) is 4.36. The maximum Gasteiger partial charge on any atom is 0.387 e. The van der Waals surface area contributed by atoms with E-state index < -0.39 is 6.61 Å². The van der Waals surface area contributed by atoms with Gasteiger partial charge in [0.2, 0.25) is 0 Å². The summed E-state index contributed by atoms with van der Waals surface area (Å²) in [4.78, 5) is 0. The largest absolute Gasteiger partial charge is 0.435 e. The van der Waals surface area contributed by atoms with Gasteiger partial charge < -0.3 is 10.1 Å². The first kappa shape index (κ1) is 14.3. The van der Waals surface area contributed by atoms with Gasteiger partial charge in [0, 0.05) is 10.2 Å². The molecule has 5 heteroatoms. The van der Waals surface area contributed by atoms with Crippen LogP contribution in [-0.2, 0) is 6.42 Å². The molecular weight excluding hydrogens is 340 g/mol. The molecule has 1 aliphatic heterocycles. The molecule has 21 heavy (non-hydrogen) atoms. The minimum atomic E-state index is -2.80. The number of hydrogen-bond acceptors (Lipinski definition) is 2. The van der Waals surface area contributed by atoms with Crippen LogP contribution >= 0.6 is 15.9 Å². The van der Waals surface area contributed by atoms with Crippen LogP contribution < -0.4 is 10.1 Å². The number of anilines is 1. The normalized spacial score (nSPS) is 17.2. The topological polar surface area (TPSA) is 21.3 Å². The Balaban J connectivity index is 1.83. The van der Waals surface area contributed by atoms with Crippen LogP contribution in [0.4, 0.5) is 14.5 Å². The summed E-state index contributed by atoms with van der Waals surface area (Å²) in [6, 6.07) is 13.0. The van der Waals surface area contributed by atoms with Crippen molar-refractivity contribution in [3.8, 4) is 5.75 Å². The van der Waals surface area contributed by atoms with E-state index in [-0.39, 0.29) is 11.8 Å². The van der Waals surface area contributed by atoms with E-state index in [1.54, 1.807) is 18.2 Å². The highest BCUT2D eigenvalue weighted by atomic mass is 79.9. The number of fused-ring (bicyclic) bond motifs is 1. The van der Waals surface area contributed by atoms with Gasteiger partial charge in [-0.05, 0) is 48.2 Å². The Morgan fingerprint density at radius 1 is 1.19 bits per heavy atom. The van der Waals surface area contributed by atoms with Crippen LogP contribution in [0.1, 0.15) is 23.6 Å². The number of halogens is 3. The second-order valence-corrected chi connectivity index (χ2v) is 5.81. The van der Waals surface area contributed by atoms with Crippen molar-refractivity contribution in [2.45, 2.75) is 25.5 Å². The second kappa shape index (κ2) is 6.02. The molecule has 2 nitrogen and oxygen atoms in total. The van der Waals surface area contributed by atoms with E-state index in [0.717, 1.165) is 28.6 Å². The SMILES string of the molecule is FC(F)Oc1cccc([C@@H]2CCc3c(Br)cccc3N2)c1. The lowest BCUT2D eigenvalue weighted by Crippen LogP contribution is -2.18. The Morgan fingerprint density at radius 3 is 2.81 bits per heavy atom. The highest BCUT2D eigenvalue weighted by Crippen LogP contribution is 2.36. The molecular formula is C16H14BrF2NO. The summed E-state index contributed by atoms with van der Waals surface area (Å²) < 4.78 is 30.1. The quantitative estimate of drug-likeness (QED) is 0.823. The Morgan fingerprint density at radius 2 is 2.00 bits per heavy atom. The van der Waals surface area contributed by atoms with Crippen molar-refractivity contribution >= 4 is 21.6 Å². The first-order chi connectivity index (χ1) is 10.1. The van der Waals surface area contributed by atoms with Gasteiger partial charge in [0.05, 0.1) is 6.04 Å². The van der Waals surface area contributed by atoms with Gasteiger partial charge in [-0.15, -0.1) is 0 Å². The van der Waals surface area contributed by atoms with E-state index in [4.69, 9.17) is 0 Å². The fourth-order valence-electron chi connectivity index (χ4n) is 2.65. The summed E-state index contributed by atoms with van der Waals surface area (Å²) in [7, 11) is 0. The van der Waals surface area contributed by atoms with E-state index in [1.165, 1.54) is 5.56 Å². The van der Waals surface area contributed by atoms with Crippen LogP contribution in [0, 0.1) is 0 Å². The summed E-state index contributed by atoms with van der Waals surface area (Å²) in [5, 5.41) is 3.46. The third-order valence-electron chi connectivity index (χ3n) is 3.62. The van der Waals surface area contributed by atoms with Gasteiger partial charge in [0.25, 0.3) is 0 Å². The average molecular weight is 354 g/mol. The number of nitrogens with one attached hydrogen (secondary N) is 1. The van der Waals surface area contributed by atoms with E-state index in [2.05, 4.69) is 26.0 Å². The summed E-state index contributed by atoms with van der Waals surface area (Å²) in [6.07, 6.45) is 1.85. The molecule has 0 bridgehead atoms. The Labute approximate surface area is 130 Å². The zero-order valence-corrected chi connectivity index (χ0v) is 12.7. The van der Waals surface area contributed by atoms with Crippen molar-refractivity contribution in [1.29, 1.82) is 0 Å². The second-order valence-electron chi connectivity index (χ2n) is 4.95. The molecule has 0 aliphatic carbocycles. The van der Waals surface area contributed by atoms with Gasteiger partial charge in [0.15, 0.2) is 0 Å². The first-order valence-electron chi connectivity index (χ1n) is 6.72. The van der Waals surface area contributed by atoms with Crippen molar-refractivity contribution in [3.63, 3.8) is 0 Å². The predicted molar refractivity (Wildman–Crippen MR) is 81.9 cm³/mol. The lowest BCUT2D eigenvalue weighted by Gasteiger charge is -2.28. The van der Waals surface area contributed by atoms with Crippen LogP contribution in [-0.4, -0.2) is 6.61 Å². The number of benzene rings is 2. The molecule has 0 aromatic heterocycles. The number of rotatable bonds is 3. The maximum absolute atomic E-state index is 12.3. The molecule has 1 aliphatic rings. The molecule has 0 radical (unpaired) electrons. The van der Waals surface area contributed by atoms with Crippen LogP contribution in [0.5, 0.6) is 5.75 Å². The monoisotopic (exact) mass is 353 g/mol. The Bertz CT molecular complexity index is 648. The molecule has 1 atom stereocenters. The van der Waals surface area contributed by atoms with Crippen molar-refractivity contribution < 1.29 is 13.5 Å². The van der Waals surface area contributed by atoms with Crippen molar-refractivity contribution in [2.75, 3.05) is 5.32 Å². The van der Waals surface area contributed by atoms with Crippen LogP contribution in [0.2, 0.25) is 0 Å². The maximum atomic E-state index is 12.3. The van der Waals surface area contributed by atoms with Gasteiger partial charge in [0.1, 0.15) is 5.75 Å². The molecule has 0 saturated carbocycles. The Kier molecular flexibility index (Phi) is 4.10. The molecule has 3 rings (SSSR count). The highest BCUT2D eigenvalue weighted by Gasteiger charge is 2.21. The summed E-state index contributed by atoms with van der Waals surface area (Å²) >= 11 is 3.55. The third kappa shape index (κ3) is 3.18. The fourth-order valence-corrected chi connectivity index (χ4v) is 3.22. The first-order valence-corrected chi connectivity index (χ1v) is 7.51. The standard InChI is InChI=1S/C16H14BrF2NO/c17-13-5-2-6-15-12(13)7-8-14(20-15)10-3-1-4-11(9-10)21-16(18)19/h1-6,9,14,16,20H,7-8H2/t14-/m0/s1. The average Bonchev–Trinajstić information content (AvgIpc) is 2.47. The van der Waals surface area contributed by atoms with Crippen LogP contribution in [0.25, 0.3) is 0 Å². The van der Waals surface area contributed by atoms with Crippen LogP contribution in [0.3, 0.4) is 0 Å². The van der Waals surface area contributed by atoms with E-state index in [0.29, 0.717) is 0 Å². The smallest absolute Gasteiger partial charge is 0.387 e. The molecule has 0 spiro atoms. The summed E-state index contributed by atoms with van der Waals surface area (Å²) in [5.74, 6) is 0.198. The van der Waals surface area contributed by atoms with Crippen LogP contribution in [0.15, 0.2) is 46.9 Å². The van der Waals surface area contributed by atoms with Gasteiger partial charge in [-0.25, -0.2) is 0 Å². The zero-order chi connectivity index (χ0) is 14.8. The molecule has 110 valence electrons. The lowest BCUT2D eigenvalue weighted by atomic mass is 9.93. The molecule has 2 aromatic rings. The lowest BCUT2D eigenvalue weighted by molar-refractivity contribution is -0.0498. The highest BCUT2D eigenvalue weighted by molar-refractivity contribution is 9.10. The van der Waals surface area contributed by atoms with Crippen molar-refractivity contribution in [1.82, 2.24) is 0 Å². The molecule has 0 unspecified atom stereocenters.